The quantitative estimate of drug-likeness (QED) is 0.219. The molecule has 4 aromatic heterocycles. The number of thioether (sulfide) groups is 1. The van der Waals surface area contributed by atoms with Crippen molar-refractivity contribution >= 4 is 55.1 Å². The lowest BCUT2D eigenvalue weighted by atomic mass is 10.2. The van der Waals surface area contributed by atoms with Crippen LogP contribution in [0.2, 0.25) is 0 Å². The summed E-state index contributed by atoms with van der Waals surface area (Å²) in [7, 11) is 0. The van der Waals surface area contributed by atoms with Gasteiger partial charge in [-0.15, -0.1) is 23.1 Å². The first kappa shape index (κ1) is 24.7. The molecule has 0 aliphatic rings. The SMILES string of the molecule is CC.CCOC(=O)c1c(=O)c2cc(F)c(SCCc3cnccn3)nc2n2c1sc1ccccc12. The molecule has 0 saturated carbocycles. The molecule has 5 rings (SSSR count). The zero-order valence-electron chi connectivity index (χ0n) is 19.4. The zero-order valence-corrected chi connectivity index (χ0v) is 21.1. The molecule has 10 heteroatoms. The summed E-state index contributed by atoms with van der Waals surface area (Å²) in [5.41, 5.74) is 1.20. The molecule has 4 heterocycles. The van der Waals surface area contributed by atoms with Gasteiger partial charge in [0, 0.05) is 30.8 Å². The van der Waals surface area contributed by atoms with Crippen LogP contribution in [-0.2, 0) is 11.2 Å². The van der Waals surface area contributed by atoms with Gasteiger partial charge in [0.1, 0.15) is 15.4 Å². The standard InChI is InChI=1S/C23H17FN4O3S2.C2H6/c1-2-31-23(30)18-19(29)14-11-15(24)21(32-10-7-13-12-25-8-9-26-13)27-20(14)28-16-5-3-4-6-17(16)33-22(18)28;1-2/h3-6,8-9,11-12H,2,7,10H2,1H3;1-2H3. The summed E-state index contributed by atoms with van der Waals surface area (Å²) in [6.07, 6.45) is 5.47. The van der Waals surface area contributed by atoms with Crippen LogP contribution in [0.4, 0.5) is 4.39 Å². The molecule has 0 atom stereocenters. The van der Waals surface area contributed by atoms with E-state index in [0.29, 0.717) is 22.7 Å². The van der Waals surface area contributed by atoms with Crippen molar-refractivity contribution in [3.63, 3.8) is 0 Å². The zero-order chi connectivity index (χ0) is 24.9. The minimum atomic E-state index is -0.726. The second-order valence-corrected chi connectivity index (χ2v) is 9.19. The average Bonchev–Trinajstić information content (AvgIpc) is 3.26. The number of carbonyl (C=O) groups is 1. The number of rotatable bonds is 6. The first-order chi connectivity index (χ1) is 17.1. The summed E-state index contributed by atoms with van der Waals surface area (Å²) in [5, 5.41) is 0.216. The van der Waals surface area contributed by atoms with E-state index in [1.807, 2.05) is 38.1 Å². The number of aromatic nitrogens is 4. The van der Waals surface area contributed by atoms with Crippen LogP contribution in [0.5, 0.6) is 0 Å². The van der Waals surface area contributed by atoms with E-state index in [2.05, 4.69) is 15.0 Å². The van der Waals surface area contributed by atoms with Gasteiger partial charge in [-0.2, -0.15) is 0 Å². The molecule has 35 heavy (non-hydrogen) atoms. The van der Waals surface area contributed by atoms with Gasteiger partial charge >= 0.3 is 5.97 Å². The number of benzene rings is 1. The fourth-order valence-corrected chi connectivity index (χ4v) is 5.61. The van der Waals surface area contributed by atoms with Crippen molar-refractivity contribution in [3.8, 4) is 0 Å². The summed E-state index contributed by atoms with van der Waals surface area (Å²) in [4.78, 5) is 39.2. The molecular formula is C25H23FN4O3S2. The lowest BCUT2D eigenvalue weighted by Crippen LogP contribution is -2.20. The minimum absolute atomic E-state index is 0.0369. The topological polar surface area (TPSA) is 86.5 Å². The van der Waals surface area contributed by atoms with E-state index >= 15 is 0 Å². The van der Waals surface area contributed by atoms with E-state index in [4.69, 9.17) is 4.74 Å². The molecule has 0 aliphatic carbocycles. The van der Waals surface area contributed by atoms with E-state index < -0.39 is 17.2 Å². The normalized spacial score (nSPS) is 11.0. The van der Waals surface area contributed by atoms with Crippen LogP contribution >= 0.6 is 23.1 Å². The molecule has 0 spiro atoms. The van der Waals surface area contributed by atoms with Gasteiger partial charge in [0.05, 0.1) is 27.9 Å². The summed E-state index contributed by atoms with van der Waals surface area (Å²) in [5.74, 6) is -0.799. The van der Waals surface area contributed by atoms with Crippen molar-refractivity contribution in [2.24, 2.45) is 0 Å². The predicted molar refractivity (Wildman–Crippen MR) is 138 cm³/mol. The summed E-state index contributed by atoms with van der Waals surface area (Å²) < 4.78 is 22.7. The molecule has 0 saturated heterocycles. The molecule has 5 aromatic rings. The van der Waals surface area contributed by atoms with Crippen LogP contribution < -0.4 is 5.43 Å². The smallest absolute Gasteiger partial charge is 0.345 e. The van der Waals surface area contributed by atoms with E-state index in [9.17, 15) is 14.0 Å². The Bertz CT molecular complexity index is 1570. The van der Waals surface area contributed by atoms with Gasteiger partial charge in [-0.1, -0.05) is 26.0 Å². The first-order valence-corrected chi connectivity index (χ1v) is 13.0. The summed E-state index contributed by atoms with van der Waals surface area (Å²) in [6, 6.07) is 8.69. The Morgan fingerprint density at radius 2 is 2.03 bits per heavy atom. The fourth-order valence-electron chi connectivity index (χ4n) is 3.59. The van der Waals surface area contributed by atoms with E-state index in [1.54, 1.807) is 29.9 Å². The number of thiazole rings is 1. The molecule has 0 unspecified atom stereocenters. The molecule has 0 fully saturated rings. The maximum atomic E-state index is 15.0. The molecule has 0 aliphatic heterocycles. The van der Waals surface area contributed by atoms with Gasteiger partial charge in [0.25, 0.3) is 0 Å². The monoisotopic (exact) mass is 510 g/mol. The molecule has 180 valence electrons. The van der Waals surface area contributed by atoms with Gasteiger partial charge in [0.15, 0.2) is 11.5 Å². The second-order valence-electron chi connectivity index (χ2n) is 7.08. The van der Waals surface area contributed by atoms with Crippen molar-refractivity contribution in [2.45, 2.75) is 32.2 Å². The molecule has 0 bridgehead atoms. The Balaban J connectivity index is 0.00000141. The Hall–Kier alpha value is -3.37. The Morgan fingerprint density at radius 1 is 1.23 bits per heavy atom. The van der Waals surface area contributed by atoms with Crippen molar-refractivity contribution in [3.05, 3.63) is 76.2 Å². The van der Waals surface area contributed by atoms with E-state index in [0.717, 1.165) is 22.0 Å². The molecular weight excluding hydrogens is 487 g/mol. The second kappa shape index (κ2) is 10.9. The number of pyridine rings is 2. The molecule has 0 radical (unpaired) electrons. The first-order valence-electron chi connectivity index (χ1n) is 11.2. The molecule has 1 aromatic carbocycles. The number of fused-ring (bicyclic) bond motifs is 5. The van der Waals surface area contributed by atoms with Gasteiger partial charge < -0.3 is 4.74 Å². The van der Waals surface area contributed by atoms with Gasteiger partial charge in [-0.05, 0) is 25.1 Å². The summed E-state index contributed by atoms with van der Waals surface area (Å²) in [6.45, 7) is 5.80. The Labute approximate surface area is 209 Å². The number of halogens is 1. The lowest BCUT2D eigenvalue weighted by Gasteiger charge is -2.10. The highest BCUT2D eigenvalue weighted by molar-refractivity contribution is 7.99. The van der Waals surface area contributed by atoms with Gasteiger partial charge in [-0.3, -0.25) is 19.2 Å². The van der Waals surface area contributed by atoms with Crippen molar-refractivity contribution in [1.29, 1.82) is 0 Å². The number of para-hydroxylation sites is 1. The van der Waals surface area contributed by atoms with Crippen LogP contribution in [0.3, 0.4) is 0 Å². The van der Waals surface area contributed by atoms with Crippen LogP contribution in [0.15, 0.2) is 58.7 Å². The van der Waals surface area contributed by atoms with Crippen LogP contribution in [0, 0.1) is 5.82 Å². The highest BCUT2D eigenvalue weighted by Gasteiger charge is 2.24. The number of nitrogens with zero attached hydrogens (tertiary/aromatic N) is 4. The maximum absolute atomic E-state index is 15.0. The fraction of sp³-hybridized carbons (Fsp3) is 0.240. The van der Waals surface area contributed by atoms with Crippen LogP contribution in [0.1, 0.15) is 36.8 Å². The van der Waals surface area contributed by atoms with E-state index in [1.165, 1.54) is 23.1 Å². The van der Waals surface area contributed by atoms with Crippen molar-refractivity contribution in [1.82, 2.24) is 19.4 Å². The lowest BCUT2D eigenvalue weighted by molar-refractivity contribution is 0.0527. The van der Waals surface area contributed by atoms with Crippen LogP contribution in [-0.4, -0.2) is 37.7 Å². The van der Waals surface area contributed by atoms with Gasteiger partial charge in [0.2, 0.25) is 5.43 Å². The van der Waals surface area contributed by atoms with Crippen molar-refractivity contribution in [2.75, 3.05) is 12.4 Å². The number of carbonyl (C=O) groups excluding carboxylic acids is 1. The number of aryl methyl sites for hydroxylation is 1. The third-order valence-corrected chi connectivity index (χ3v) is 7.14. The third kappa shape index (κ3) is 4.76. The molecule has 0 N–H and O–H groups in total. The Kier molecular flexibility index (Phi) is 7.72. The predicted octanol–water partition coefficient (Wildman–Crippen LogP) is 5.53. The third-order valence-electron chi connectivity index (χ3n) is 5.03. The van der Waals surface area contributed by atoms with Crippen LogP contribution in [0.25, 0.3) is 26.1 Å². The Morgan fingerprint density at radius 3 is 2.77 bits per heavy atom. The molecule has 0 amide bonds. The van der Waals surface area contributed by atoms with Gasteiger partial charge in [-0.25, -0.2) is 14.2 Å². The largest absolute Gasteiger partial charge is 0.462 e. The maximum Gasteiger partial charge on any atom is 0.345 e. The number of hydrogen-bond donors (Lipinski definition) is 0. The number of esters is 1. The van der Waals surface area contributed by atoms with Crippen molar-refractivity contribution < 1.29 is 13.9 Å². The highest BCUT2D eigenvalue weighted by Crippen LogP contribution is 2.32. The van der Waals surface area contributed by atoms with E-state index in [-0.39, 0.29) is 22.6 Å². The summed E-state index contributed by atoms with van der Waals surface area (Å²) >= 11 is 2.54. The minimum Gasteiger partial charge on any atom is -0.462 e. The number of hydrogen-bond acceptors (Lipinski definition) is 8. The molecule has 7 nitrogen and oxygen atoms in total. The number of ether oxygens (including phenoxy) is 1. The average molecular weight is 511 g/mol. The highest BCUT2D eigenvalue weighted by atomic mass is 32.2.